The molecule has 0 aromatic carbocycles. The standard InChI is InChI=1S/C13H22N2OS/c1-4-8-13(2,14)12(16)15(3)9-7-11-6-5-10-17-11/h5-6,10H,4,7-9,14H2,1-3H3. The first-order chi connectivity index (χ1) is 7.97. The summed E-state index contributed by atoms with van der Waals surface area (Å²) in [6, 6.07) is 4.13. The summed E-state index contributed by atoms with van der Waals surface area (Å²) in [7, 11) is 1.83. The Kier molecular flexibility index (Phi) is 5.15. The maximum atomic E-state index is 12.1. The van der Waals surface area contributed by atoms with Crippen LogP contribution in [0, 0.1) is 0 Å². The van der Waals surface area contributed by atoms with Crippen molar-refractivity contribution in [1.29, 1.82) is 0 Å². The van der Waals surface area contributed by atoms with E-state index in [1.807, 2.05) is 27.0 Å². The predicted octanol–water partition coefficient (Wildman–Crippen LogP) is 2.27. The van der Waals surface area contributed by atoms with E-state index in [1.165, 1.54) is 4.88 Å². The van der Waals surface area contributed by atoms with Crippen molar-refractivity contribution in [3.8, 4) is 0 Å². The summed E-state index contributed by atoms with van der Waals surface area (Å²) in [6.07, 6.45) is 2.56. The molecule has 0 fully saturated rings. The third-order valence-electron chi connectivity index (χ3n) is 2.88. The number of carbonyl (C=O) groups is 1. The number of hydrogen-bond acceptors (Lipinski definition) is 3. The maximum Gasteiger partial charge on any atom is 0.242 e. The quantitative estimate of drug-likeness (QED) is 0.846. The van der Waals surface area contributed by atoms with Gasteiger partial charge >= 0.3 is 0 Å². The van der Waals surface area contributed by atoms with Crippen LogP contribution in [0.15, 0.2) is 17.5 Å². The van der Waals surface area contributed by atoms with Crippen LogP contribution in [0.3, 0.4) is 0 Å². The lowest BCUT2D eigenvalue weighted by Crippen LogP contribution is -2.52. The summed E-state index contributed by atoms with van der Waals surface area (Å²) >= 11 is 1.73. The molecule has 96 valence electrons. The minimum Gasteiger partial charge on any atom is -0.344 e. The molecule has 0 saturated carbocycles. The van der Waals surface area contributed by atoms with E-state index in [4.69, 9.17) is 5.73 Å². The minimum absolute atomic E-state index is 0.0379. The average molecular weight is 254 g/mol. The van der Waals surface area contributed by atoms with Gasteiger partial charge in [-0.15, -0.1) is 11.3 Å². The monoisotopic (exact) mass is 254 g/mol. The average Bonchev–Trinajstić information content (AvgIpc) is 2.77. The predicted molar refractivity (Wildman–Crippen MR) is 73.2 cm³/mol. The molecule has 0 radical (unpaired) electrons. The summed E-state index contributed by atoms with van der Waals surface area (Å²) in [6.45, 7) is 4.60. The number of thiophene rings is 1. The Labute approximate surface area is 108 Å². The van der Waals surface area contributed by atoms with E-state index >= 15 is 0 Å². The number of carbonyl (C=O) groups excluding carboxylic acids is 1. The molecule has 0 saturated heterocycles. The molecule has 4 heteroatoms. The SMILES string of the molecule is CCCC(C)(N)C(=O)N(C)CCc1cccs1. The summed E-state index contributed by atoms with van der Waals surface area (Å²) in [4.78, 5) is 15.2. The molecule has 1 rings (SSSR count). The number of hydrogen-bond donors (Lipinski definition) is 1. The molecule has 1 atom stereocenters. The van der Waals surface area contributed by atoms with Crippen LogP contribution in [0.25, 0.3) is 0 Å². The maximum absolute atomic E-state index is 12.1. The first kappa shape index (κ1) is 14.2. The van der Waals surface area contributed by atoms with Crippen molar-refractivity contribution in [1.82, 2.24) is 4.90 Å². The van der Waals surface area contributed by atoms with Crippen molar-refractivity contribution < 1.29 is 4.79 Å². The normalized spacial score (nSPS) is 14.4. The highest BCUT2D eigenvalue weighted by atomic mass is 32.1. The van der Waals surface area contributed by atoms with Crippen molar-refractivity contribution in [2.75, 3.05) is 13.6 Å². The number of likely N-dealkylation sites (N-methyl/N-ethyl adjacent to an activating group) is 1. The largest absolute Gasteiger partial charge is 0.344 e. The van der Waals surface area contributed by atoms with Crippen molar-refractivity contribution in [2.45, 2.75) is 38.6 Å². The highest BCUT2D eigenvalue weighted by Crippen LogP contribution is 2.14. The molecule has 0 spiro atoms. The molecule has 17 heavy (non-hydrogen) atoms. The van der Waals surface area contributed by atoms with E-state index in [2.05, 4.69) is 11.4 Å². The van der Waals surface area contributed by atoms with Crippen LogP contribution in [0.2, 0.25) is 0 Å². The van der Waals surface area contributed by atoms with E-state index in [0.717, 1.165) is 25.8 Å². The Bertz CT molecular complexity index is 346. The van der Waals surface area contributed by atoms with Gasteiger partial charge in [-0.3, -0.25) is 4.79 Å². The molecule has 1 heterocycles. The molecule has 0 aliphatic heterocycles. The zero-order valence-corrected chi connectivity index (χ0v) is 11.7. The molecule has 0 aliphatic rings. The highest BCUT2D eigenvalue weighted by Gasteiger charge is 2.29. The Hall–Kier alpha value is -0.870. The molecule has 0 aliphatic carbocycles. The lowest BCUT2D eigenvalue weighted by Gasteiger charge is -2.28. The molecular weight excluding hydrogens is 232 g/mol. The fourth-order valence-electron chi connectivity index (χ4n) is 1.90. The molecule has 1 unspecified atom stereocenters. The van der Waals surface area contributed by atoms with Gasteiger partial charge in [0.1, 0.15) is 0 Å². The minimum atomic E-state index is -0.723. The summed E-state index contributed by atoms with van der Waals surface area (Å²) in [5.74, 6) is 0.0379. The lowest BCUT2D eigenvalue weighted by atomic mass is 9.96. The van der Waals surface area contributed by atoms with Gasteiger partial charge in [-0.1, -0.05) is 19.4 Å². The van der Waals surface area contributed by atoms with E-state index in [0.29, 0.717) is 0 Å². The van der Waals surface area contributed by atoms with E-state index < -0.39 is 5.54 Å². The number of nitrogens with zero attached hydrogens (tertiary/aromatic N) is 1. The zero-order chi connectivity index (χ0) is 12.9. The van der Waals surface area contributed by atoms with Crippen LogP contribution in [0.5, 0.6) is 0 Å². The number of rotatable bonds is 6. The van der Waals surface area contributed by atoms with Crippen molar-refractivity contribution in [3.63, 3.8) is 0 Å². The fourth-order valence-corrected chi connectivity index (χ4v) is 2.59. The second-order valence-corrected chi connectivity index (χ2v) is 5.76. The highest BCUT2D eigenvalue weighted by molar-refractivity contribution is 7.09. The Balaban J connectivity index is 2.46. The van der Waals surface area contributed by atoms with Gasteiger partial charge in [0, 0.05) is 18.5 Å². The molecule has 3 nitrogen and oxygen atoms in total. The smallest absolute Gasteiger partial charge is 0.242 e. The molecule has 0 bridgehead atoms. The molecular formula is C13H22N2OS. The first-order valence-corrected chi connectivity index (χ1v) is 6.92. The van der Waals surface area contributed by atoms with Gasteiger partial charge in [0.25, 0.3) is 0 Å². The first-order valence-electron chi connectivity index (χ1n) is 6.04. The Morgan fingerprint density at radius 1 is 1.59 bits per heavy atom. The van der Waals surface area contributed by atoms with E-state index in [9.17, 15) is 4.79 Å². The fraction of sp³-hybridized carbons (Fsp3) is 0.615. The summed E-state index contributed by atoms with van der Waals surface area (Å²) in [5, 5.41) is 2.06. The Morgan fingerprint density at radius 3 is 2.82 bits per heavy atom. The third-order valence-corrected chi connectivity index (χ3v) is 3.81. The van der Waals surface area contributed by atoms with Crippen LogP contribution in [-0.4, -0.2) is 29.9 Å². The van der Waals surface area contributed by atoms with Crippen LogP contribution < -0.4 is 5.73 Å². The Morgan fingerprint density at radius 2 is 2.29 bits per heavy atom. The molecule has 1 amide bonds. The number of amides is 1. The summed E-state index contributed by atoms with van der Waals surface area (Å²) < 4.78 is 0. The van der Waals surface area contributed by atoms with E-state index in [1.54, 1.807) is 16.2 Å². The van der Waals surface area contributed by atoms with Gasteiger partial charge in [-0.05, 0) is 31.2 Å². The zero-order valence-electron chi connectivity index (χ0n) is 10.9. The molecule has 1 aromatic rings. The van der Waals surface area contributed by atoms with Crippen molar-refractivity contribution >= 4 is 17.2 Å². The number of nitrogens with two attached hydrogens (primary N) is 1. The lowest BCUT2D eigenvalue weighted by molar-refractivity contribution is -0.135. The van der Waals surface area contributed by atoms with E-state index in [-0.39, 0.29) is 5.91 Å². The van der Waals surface area contributed by atoms with Gasteiger partial charge in [-0.25, -0.2) is 0 Å². The van der Waals surface area contributed by atoms with Gasteiger partial charge in [0.2, 0.25) is 5.91 Å². The van der Waals surface area contributed by atoms with Gasteiger partial charge in [-0.2, -0.15) is 0 Å². The third kappa shape index (κ3) is 4.13. The van der Waals surface area contributed by atoms with Gasteiger partial charge in [0.15, 0.2) is 0 Å². The van der Waals surface area contributed by atoms with Gasteiger partial charge < -0.3 is 10.6 Å². The van der Waals surface area contributed by atoms with Crippen molar-refractivity contribution in [2.24, 2.45) is 5.73 Å². The molecule has 2 N–H and O–H groups in total. The summed E-state index contributed by atoms with van der Waals surface area (Å²) in [5.41, 5.74) is 5.31. The van der Waals surface area contributed by atoms with Crippen LogP contribution in [0.1, 0.15) is 31.6 Å². The molecule has 1 aromatic heterocycles. The van der Waals surface area contributed by atoms with Crippen LogP contribution >= 0.6 is 11.3 Å². The van der Waals surface area contributed by atoms with Crippen LogP contribution in [0.4, 0.5) is 0 Å². The topological polar surface area (TPSA) is 46.3 Å². The second kappa shape index (κ2) is 6.17. The van der Waals surface area contributed by atoms with Crippen LogP contribution in [-0.2, 0) is 11.2 Å². The van der Waals surface area contributed by atoms with Crippen molar-refractivity contribution in [3.05, 3.63) is 22.4 Å². The van der Waals surface area contributed by atoms with Gasteiger partial charge in [0.05, 0.1) is 5.54 Å². The second-order valence-electron chi connectivity index (χ2n) is 4.72.